The van der Waals surface area contributed by atoms with E-state index in [0.717, 1.165) is 6.07 Å². The molecule has 0 atom stereocenters. The second kappa shape index (κ2) is 7.60. The minimum absolute atomic E-state index is 0.0411. The number of carbonyl (C=O) groups excluding carboxylic acids is 1. The molecule has 0 aromatic heterocycles. The van der Waals surface area contributed by atoms with Crippen molar-refractivity contribution in [3.05, 3.63) is 53.6 Å². The van der Waals surface area contributed by atoms with Gasteiger partial charge in [0.2, 0.25) is 10.0 Å². The molecule has 10 heteroatoms. The van der Waals surface area contributed by atoms with Gasteiger partial charge in [-0.1, -0.05) is 6.07 Å². The molecule has 0 bridgehead atoms. The molecule has 2 aliphatic heterocycles. The van der Waals surface area contributed by atoms with Gasteiger partial charge < -0.3 is 14.4 Å². The van der Waals surface area contributed by atoms with Crippen molar-refractivity contribution in [3.8, 4) is 11.5 Å². The molecule has 0 saturated carbocycles. The van der Waals surface area contributed by atoms with E-state index in [1.54, 1.807) is 6.07 Å². The van der Waals surface area contributed by atoms with Crippen LogP contribution in [-0.4, -0.2) is 62.9 Å². The summed E-state index contributed by atoms with van der Waals surface area (Å²) in [4.78, 5) is 13.9. The van der Waals surface area contributed by atoms with Crippen LogP contribution >= 0.6 is 0 Å². The number of sulfonamides is 1. The van der Waals surface area contributed by atoms with Crippen molar-refractivity contribution in [1.29, 1.82) is 0 Å². The average Bonchev–Trinajstić information content (AvgIpc) is 2.75. The van der Waals surface area contributed by atoms with Crippen molar-refractivity contribution in [2.24, 2.45) is 0 Å². The van der Waals surface area contributed by atoms with Crippen molar-refractivity contribution < 1.29 is 31.5 Å². The van der Waals surface area contributed by atoms with Gasteiger partial charge in [-0.3, -0.25) is 4.79 Å². The summed E-state index contributed by atoms with van der Waals surface area (Å²) >= 11 is 0. The molecule has 2 aromatic carbocycles. The number of rotatable bonds is 3. The number of carbonyl (C=O) groups is 1. The molecular formula is C19H18F2N2O5S. The smallest absolute Gasteiger partial charge is 0.257 e. The Kier molecular flexibility index (Phi) is 5.13. The topological polar surface area (TPSA) is 76.2 Å². The molecule has 0 radical (unpaired) electrons. The second-order valence-electron chi connectivity index (χ2n) is 6.60. The van der Waals surface area contributed by atoms with Crippen LogP contribution in [0, 0.1) is 11.6 Å². The summed E-state index contributed by atoms with van der Waals surface area (Å²) in [5, 5.41) is 0. The lowest BCUT2D eigenvalue weighted by atomic mass is 10.1. The fourth-order valence-corrected chi connectivity index (χ4v) is 4.74. The van der Waals surface area contributed by atoms with Crippen LogP contribution in [0.3, 0.4) is 0 Å². The van der Waals surface area contributed by atoms with Gasteiger partial charge in [-0.15, -0.1) is 0 Å². The number of hydrogen-bond acceptors (Lipinski definition) is 5. The summed E-state index contributed by atoms with van der Waals surface area (Å²) in [5.74, 6) is -2.12. The van der Waals surface area contributed by atoms with E-state index >= 15 is 0 Å². The molecule has 2 heterocycles. The van der Waals surface area contributed by atoms with Crippen molar-refractivity contribution in [2.75, 3.05) is 39.4 Å². The maximum Gasteiger partial charge on any atom is 0.257 e. The normalized spacial score (nSPS) is 17.2. The molecular weight excluding hydrogens is 406 g/mol. The van der Waals surface area contributed by atoms with Crippen molar-refractivity contribution in [1.82, 2.24) is 9.21 Å². The highest BCUT2D eigenvalue weighted by Crippen LogP contribution is 2.33. The van der Waals surface area contributed by atoms with E-state index in [-0.39, 0.29) is 36.6 Å². The Bertz CT molecular complexity index is 1050. The van der Waals surface area contributed by atoms with Gasteiger partial charge in [0.25, 0.3) is 5.91 Å². The third kappa shape index (κ3) is 3.65. The van der Waals surface area contributed by atoms with Gasteiger partial charge in [-0.2, -0.15) is 4.31 Å². The number of halogens is 2. The Labute approximate surface area is 166 Å². The van der Waals surface area contributed by atoms with Crippen LogP contribution in [-0.2, 0) is 10.0 Å². The number of ether oxygens (including phenoxy) is 2. The van der Waals surface area contributed by atoms with Gasteiger partial charge in [0.15, 0.2) is 23.1 Å². The van der Waals surface area contributed by atoms with E-state index < -0.39 is 27.6 Å². The zero-order chi connectivity index (χ0) is 20.6. The third-order valence-electron chi connectivity index (χ3n) is 4.86. The van der Waals surface area contributed by atoms with Gasteiger partial charge in [0, 0.05) is 32.2 Å². The lowest BCUT2D eigenvalue weighted by Gasteiger charge is -2.34. The first-order chi connectivity index (χ1) is 13.9. The number of amides is 1. The van der Waals surface area contributed by atoms with Gasteiger partial charge in [-0.25, -0.2) is 17.2 Å². The van der Waals surface area contributed by atoms with E-state index in [9.17, 15) is 22.0 Å². The maximum atomic E-state index is 13.9. The molecule has 29 heavy (non-hydrogen) atoms. The molecule has 0 aliphatic carbocycles. The number of fused-ring (bicyclic) bond motifs is 1. The molecule has 154 valence electrons. The highest BCUT2D eigenvalue weighted by Gasteiger charge is 2.32. The Hall–Kier alpha value is -2.72. The van der Waals surface area contributed by atoms with Gasteiger partial charge in [-0.05, 0) is 24.3 Å². The van der Waals surface area contributed by atoms with Crippen LogP contribution in [0.5, 0.6) is 11.5 Å². The van der Waals surface area contributed by atoms with Gasteiger partial charge in [0.1, 0.15) is 13.2 Å². The van der Waals surface area contributed by atoms with Gasteiger partial charge in [0.05, 0.1) is 10.5 Å². The number of hydrogen-bond donors (Lipinski definition) is 0. The van der Waals surface area contributed by atoms with Crippen molar-refractivity contribution in [3.63, 3.8) is 0 Å². The quantitative estimate of drug-likeness (QED) is 0.752. The first-order valence-corrected chi connectivity index (χ1v) is 10.4. The molecule has 0 N–H and O–H groups in total. The lowest BCUT2D eigenvalue weighted by Crippen LogP contribution is -2.50. The monoisotopic (exact) mass is 424 g/mol. The zero-order valence-corrected chi connectivity index (χ0v) is 16.1. The van der Waals surface area contributed by atoms with Crippen molar-refractivity contribution >= 4 is 15.9 Å². The molecule has 1 fully saturated rings. The van der Waals surface area contributed by atoms with E-state index in [0.29, 0.717) is 24.7 Å². The Balaban J connectivity index is 1.47. The Morgan fingerprint density at radius 2 is 1.62 bits per heavy atom. The largest absolute Gasteiger partial charge is 0.486 e. The predicted molar refractivity (Wildman–Crippen MR) is 98.5 cm³/mol. The molecule has 1 saturated heterocycles. The number of benzene rings is 2. The molecule has 7 nitrogen and oxygen atoms in total. The first-order valence-electron chi connectivity index (χ1n) is 9.01. The maximum absolute atomic E-state index is 13.9. The van der Waals surface area contributed by atoms with Crippen LogP contribution in [0.4, 0.5) is 8.78 Å². The van der Waals surface area contributed by atoms with Crippen LogP contribution in [0.2, 0.25) is 0 Å². The van der Waals surface area contributed by atoms with Crippen molar-refractivity contribution in [2.45, 2.75) is 4.90 Å². The van der Waals surface area contributed by atoms with Crippen LogP contribution in [0.1, 0.15) is 10.4 Å². The zero-order valence-electron chi connectivity index (χ0n) is 15.3. The Morgan fingerprint density at radius 1 is 0.931 bits per heavy atom. The summed E-state index contributed by atoms with van der Waals surface area (Å²) in [6.45, 7) is 0.963. The highest BCUT2D eigenvalue weighted by molar-refractivity contribution is 7.89. The molecule has 1 amide bonds. The molecule has 2 aromatic rings. The average molecular weight is 424 g/mol. The minimum Gasteiger partial charge on any atom is -0.486 e. The summed E-state index contributed by atoms with van der Waals surface area (Å²) in [6, 6.07) is 7.82. The van der Waals surface area contributed by atoms with Crippen LogP contribution in [0.25, 0.3) is 0 Å². The standard InChI is InChI=1S/C19H18F2N2O5S/c20-15-3-1-2-14(18(15)21)19(24)22-6-8-23(9-7-22)29(25,26)13-4-5-16-17(12-13)28-11-10-27-16/h1-5,12H,6-11H2. The molecule has 0 spiro atoms. The van der Waals surface area contributed by atoms with E-state index in [4.69, 9.17) is 9.47 Å². The molecule has 4 rings (SSSR count). The lowest BCUT2D eigenvalue weighted by molar-refractivity contribution is 0.0692. The number of nitrogens with zero attached hydrogens (tertiary/aromatic N) is 2. The Morgan fingerprint density at radius 3 is 2.34 bits per heavy atom. The molecule has 0 unspecified atom stereocenters. The fraction of sp³-hybridized carbons (Fsp3) is 0.316. The van der Waals surface area contributed by atoms with Crippen LogP contribution in [0.15, 0.2) is 41.3 Å². The van der Waals surface area contributed by atoms with E-state index in [1.165, 1.54) is 33.5 Å². The summed E-state index contributed by atoms with van der Waals surface area (Å²) < 4.78 is 65.2. The van der Waals surface area contributed by atoms with Gasteiger partial charge >= 0.3 is 0 Å². The summed E-state index contributed by atoms with van der Waals surface area (Å²) in [7, 11) is -3.80. The van der Waals surface area contributed by atoms with Crippen LogP contribution < -0.4 is 9.47 Å². The fourth-order valence-electron chi connectivity index (χ4n) is 3.30. The predicted octanol–water partition coefficient (Wildman–Crippen LogP) is 1.88. The molecule has 2 aliphatic rings. The van der Waals surface area contributed by atoms with E-state index in [2.05, 4.69) is 0 Å². The minimum atomic E-state index is -3.80. The first kappa shape index (κ1) is 19.6. The highest BCUT2D eigenvalue weighted by atomic mass is 32.2. The van der Waals surface area contributed by atoms with E-state index in [1.807, 2.05) is 0 Å². The summed E-state index contributed by atoms with van der Waals surface area (Å²) in [5.41, 5.74) is -0.367. The third-order valence-corrected chi connectivity index (χ3v) is 6.75. The SMILES string of the molecule is O=C(c1cccc(F)c1F)N1CCN(S(=O)(=O)c2ccc3c(c2)OCCO3)CC1. The summed E-state index contributed by atoms with van der Waals surface area (Å²) in [6.07, 6.45) is 0. The number of piperazine rings is 1. The second-order valence-corrected chi connectivity index (χ2v) is 8.54.